The molecule has 6 atom stereocenters. The Kier molecular flexibility index (Phi) is 6.86. The zero-order chi connectivity index (χ0) is 17.8. The van der Waals surface area contributed by atoms with Crippen LogP contribution in [0.3, 0.4) is 0 Å². The number of aliphatic hydroxyl groups excluding tert-OH is 4. The summed E-state index contributed by atoms with van der Waals surface area (Å²) in [5, 5.41) is 43.1. The van der Waals surface area contributed by atoms with Crippen molar-refractivity contribution >= 4 is 11.8 Å². The predicted octanol–water partition coefficient (Wildman–Crippen LogP) is -3.56. The van der Waals surface area contributed by atoms with Gasteiger partial charge in [0.15, 0.2) is 6.29 Å². The molecule has 0 aromatic rings. The largest absolute Gasteiger partial charge is 0.394 e. The van der Waals surface area contributed by atoms with Gasteiger partial charge in [0.25, 0.3) is 0 Å². The van der Waals surface area contributed by atoms with Gasteiger partial charge in [0.2, 0.25) is 11.8 Å². The van der Waals surface area contributed by atoms with Gasteiger partial charge in [-0.2, -0.15) is 0 Å². The number of hydrogen-bond donors (Lipinski definition) is 6. The molecule has 23 heavy (non-hydrogen) atoms. The van der Waals surface area contributed by atoms with Crippen LogP contribution in [0.2, 0.25) is 0 Å². The van der Waals surface area contributed by atoms with Gasteiger partial charge in [-0.1, -0.05) is 0 Å². The lowest BCUT2D eigenvalue weighted by Gasteiger charge is -2.40. The molecule has 0 spiro atoms. The molecule has 0 aromatic carbocycles. The molecule has 10 heteroatoms. The third-order valence-corrected chi connectivity index (χ3v) is 3.56. The minimum absolute atomic E-state index is 0.366. The van der Waals surface area contributed by atoms with Crippen LogP contribution in [0.15, 0.2) is 0 Å². The first-order valence-electron chi connectivity index (χ1n) is 7.09. The maximum atomic E-state index is 11.9. The summed E-state index contributed by atoms with van der Waals surface area (Å²) in [6, 6.07) is 0. The van der Waals surface area contributed by atoms with Crippen LogP contribution in [0.4, 0.5) is 0 Å². The number of amides is 2. The maximum Gasteiger partial charge on any atom is 0.247 e. The van der Waals surface area contributed by atoms with E-state index in [-0.39, 0.29) is 6.61 Å². The van der Waals surface area contributed by atoms with Crippen LogP contribution >= 0.6 is 0 Å². The molecule has 0 unspecified atom stereocenters. The van der Waals surface area contributed by atoms with Crippen molar-refractivity contribution in [2.24, 2.45) is 0 Å². The molecular formula is C13H24N2O8. The molecule has 1 heterocycles. The molecule has 6 N–H and O–H groups in total. The molecule has 0 aliphatic carbocycles. The van der Waals surface area contributed by atoms with Gasteiger partial charge in [0, 0.05) is 14.0 Å². The van der Waals surface area contributed by atoms with E-state index < -0.39 is 54.7 Å². The third kappa shape index (κ3) is 4.59. The number of hydrogen-bond acceptors (Lipinski definition) is 8. The van der Waals surface area contributed by atoms with Crippen molar-refractivity contribution in [1.82, 2.24) is 10.6 Å². The molecule has 134 valence electrons. The fourth-order valence-corrected chi connectivity index (χ4v) is 2.28. The van der Waals surface area contributed by atoms with Crippen LogP contribution in [0, 0.1) is 0 Å². The van der Waals surface area contributed by atoms with E-state index in [1.54, 1.807) is 0 Å². The molecule has 0 radical (unpaired) electrons. The monoisotopic (exact) mass is 336 g/mol. The molecule has 0 saturated carbocycles. The topological polar surface area (TPSA) is 158 Å². The van der Waals surface area contributed by atoms with Crippen molar-refractivity contribution in [2.75, 3.05) is 20.3 Å². The van der Waals surface area contributed by atoms with Crippen molar-refractivity contribution in [1.29, 1.82) is 0 Å². The average molecular weight is 336 g/mol. The normalized spacial score (nSPS) is 33.6. The summed E-state index contributed by atoms with van der Waals surface area (Å²) in [5.41, 5.74) is -1.43. The Morgan fingerprint density at radius 1 is 1.22 bits per heavy atom. The van der Waals surface area contributed by atoms with Crippen molar-refractivity contribution in [3.8, 4) is 0 Å². The highest BCUT2D eigenvalue weighted by Crippen LogP contribution is 2.23. The first-order chi connectivity index (χ1) is 10.7. The van der Waals surface area contributed by atoms with Crippen LogP contribution in [-0.4, -0.2) is 88.7 Å². The lowest BCUT2D eigenvalue weighted by Crippen LogP contribution is -2.62. The van der Waals surface area contributed by atoms with E-state index in [1.165, 1.54) is 20.9 Å². The highest BCUT2D eigenvalue weighted by molar-refractivity contribution is 5.90. The zero-order valence-corrected chi connectivity index (χ0v) is 13.2. The van der Waals surface area contributed by atoms with Crippen LogP contribution in [0.5, 0.6) is 0 Å². The summed E-state index contributed by atoms with van der Waals surface area (Å²) in [6.07, 6.45) is -7.18. The van der Waals surface area contributed by atoms with Gasteiger partial charge in [-0.25, -0.2) is 0 Å². The van der Waals surface area contributed by atoms with E-state index in [4.69, 9.17) is 14.6 Å². The standard InChI is InChI=1S/C13H24N2O8/c1-6(17)15-13(2,12(21)14-3)5-22-11-10(20)9(19)8(18)7(4-16)23-11/h7-11,16,18-20H,4-5H2,1-3H3,(H,14,21)(H,15,17)/t7-,8-,9+,10-,11-,13+/m1/s1. The second-order valence-electron chi connectivity index (χ2n) is 5.60. The first-order valence-corrected chi connectivity index (χ1v) is 7.09. The number of nitrogens with one attached hydrogen (secondary N) is 2. The van der Waals surface area contributed by atoms with Crippen molar-refractivity contribution < 1.29 is 39.5 Å². The van der Waals surface area contributed by atoms with Crippen molar-refractivity contribution in [2.45, 2.75) is 50.1 Å². The molecule has 0 bridgehead atoms. The Morgan fingerprint density at radius 2 is 1.83 bits per heavy atom. The number of rotatable bonds is 6. The molecule has 1 saturated heterocycles. The van der Waals surface area contributed by atoms with Gasteiger partial charge in [-0.05, 0) is 6.92 Å². The van der Waals surface area contributed by atoms with Crippen molar-refractivity contribution in [3.05, 3.63) is 0 Å². The number of carbonyl (C=O) groups excluding carboxylic acids is 2. The third-order valence-electron chi connectivity index (χ3n) is 3.56. The predicted molar refractivity (Wildman–Crippen MR) is 76.0 cm³/mol. The highest BCUT2D eigenvalue weighted by atomic mass is 16.7. The lowest BCUT2D eigenvalue weighted by atomic mass is 9.99. The van der Waals surface area contributed by atoms with E-state index >= 15 is 0 Å². The zero-order valence-electron chi connectivity index (χ0n) is 13.2. The minimum atomic E-state index is -1.59. The van der Waals surface area contributed by atoms with Gasteiger partial charge >= 0.3 is 0 Å². The Bertz CT molecular complexity index is 432. The summed E-state index contributed by atoms with van der Waals surface area (Å²) < 4.78 is 10.5. The minimum Gasteiger partial charge on any atom is -0.394 e. The molecule has 1 aliphatic heterocycles. The SMILES string of the molecule is CNC(=O)[C@](C)(CO[C@@H]1O[C@H](CO)[C@@H](O)[C@H](O)[C@H]1O)NC(C)=O. The van der Waals surface area contributed by atoms with Crippen molar-refractivity contribution in [3.63, 3.8) is 0 Å². The average Bonchev–Trinajstić information content (AvgIpc) is 2.50. The summed E-state index contributed by atoms with van der Waals surface area (Å²) >= 11 is 0. The molecule has 1 fully saturated rings. The first kappa shape index (κ1) is 19.7. The van der Waals surface area contributed by atoms with E-state index in [0.717, 1.165) is 0 Å². The molecular weight excluding hydrogens is 312 g/mol. The molecule has 1 aliphatic rings. The number of aliphatic hydroxyl groups is 4. The molecule has 1 rings (SSSR count). The van der Waals surface area contributed by atoms with E-state index in [1.807, 2.05) is 0 Å². The van der Waals surface area contributed by atoms with Gasteiger partial charge in [-0.3, -0.25) is 9.59 Å². The lowest BCUT2D eigenvalue weighted by molar-refractivity contribution is -0.303. The van der Waals surface area contributed by atoms with E-state index in [2.05, 4.69) is 10.6 Å². The summed E-state index contributed by atoms with van der Waals surface area (Å²) in [7, 11) is 1.39. The van der Waals surface area contributed by atoms with Gasteiger partial charge < -0.3 is 40.5 Å². The van der Waals surface area contributed by atoms with Crippen LogP contribution < -0.4 is 10.6 Å². The highest BCUT2D eigenvalue weighted by Gasteiger charge is 2.45. The van der Waals surface area contributed by atoms with Crippen LogP contribution in [0.25, 0.3) is 0 Å². The fourth-order valence-electron chi connectivity index (χ4n) is 2.28. The van der Waals surface area contributed by atoms with E-state index in [9.17, 15) is 24.9 Å². The second kappa shape index (κ2) is 7.99. The summed E-state index contributed by atoms with van der Waals surface area (Å²) in [6.45, 7) is 1.68. The number of carbonyl (C=O) groups is 2. The second-order valence-corrected chi connectivity index (χ2v) is 5.60. The van der Waals surface area contributed by atoms with Gasteiger partial charge in [0.1, 0.15) is 30.0 Å². The van der Waals surface area contributed by atoms with Crippen LogP contribution in [0.1, 0.15) is 13.8 Å². The summed E-state index contributed by atoms with van der Waals surface area (Å²) in [4.78, 5) is 23.2. The van der Waals surface area contributed by atoms with Gasteiger partial charge in [0.05, 0.1) is 13.2 Å². The fraction of sp³-hybridized carbons (Fsp3) is 0.846. The smallest absolute Gasteiger partial charge is 0.247 e. The van der Waals surface area contributed by atoms with Gasteiger partial charge in [-0.15, -0.1) is 0 Å². The molecule has 10 nitrogen and oxygen atoms in total. The number of ether oxygens (including phenoxy) is 2. The molecule has 2 amide bonds. The Labute approximate surface area is 133 Å². The van der Waals surface area contributed by atoms with Crippen LogP contribution in [-0.2, 0) is 19.1 Å². The Morgan fingerprint density at radius 3 is 2.30 bits per heavy atom. The summed E-state index contributed by atoms with van der Waals surface area (Å²) in [5.74, 6) is -0.995. The maximum absolute atomic E-state index is 11.9. The Hall–Kier alpha value is -1.30. The Balaban J connectivity index is 2.80. The quantitative estimate of drug-likeness (QED) is 0.291. The number of likely N-dealkylation sites (N-methyl/N-ethyl adjacent to an activating group) is 1. The molecule has 0 aromatic heterocycles. The van der Waals surface area contributed by atoms with E-state index in [0.29, 0.717) is 0 Å².